The predicted molar refractivity (Wildman–Crippen MR) is 114 cm³/mol. The van der Waals surface area contributed by atoms with Crippen LogP contribution < -0.4 is 5.32 Å². The lowest BCUT2D eigenvalue weighted by atomic mass is 9.78. The second-order valence-corrected chi connectivity index (χ2v) is 10.4. The first-order chi connectivity index (χ1) is 14.7. The van der Waals surface area contributed by atoms with E-state index in [2.05, 4.69) is 5.32 Å². The minimum Gasteiger partial charge on any atom is -0.351 e. The quantitative estimate of drug-likeness (QED) is 0.764. The Morgan fingerprint density at radius 2 is 1.77 bits per heavy atom. The number of sulfonamides is 1. The van der Waals surface area contributed by atoms with Gasteiger partial charge in [-0.15, -0.1) is 0 Å². The third-order valence-corrected chi connectivity index (χ3v) is 8.28. The number of rotatable bonds is 5. The molecule has 0 unspecified atom stereocenters. The predicted octanol–water partition coefficient (Wildman–Crippen LogP) is 3.62. The van der Waals surface area contributed by atoms with Crippen molar-refractivity contribution in [3.8, 4) is 0 Å². The molecule has 1 aliphatic heterocycles. The van der Waals surface area contributed by atoms with Gasteiger partial charge in [-0.2, -0.15) is 0 Å². The Morgan fingerprint density at radius 3 is 2.39 bits per heavy atom. The van der Waals surface area contributed by atoms with Crippen LogP contribution in [0.4, 0.5) is 4.39 Å². The SMILES string of the molecule is CC(C)N1C(=O)c2ccc(C(=O)NCC3(c4ccc(F)cc4)CCCC3)cc2S1(=O)=O. The van der Waals surface area contributed by atoms with Crippen LogP contribution in [0, 0.1) is 5.82 Å². The zero-order chi connectivity index (χ0) is 22.4. The molecular weight excluding hydrogens is 419 g/mol. The first-order valence-corrected chi connectivity index (χ1v) is 11.9. The highest BCUT2D eigenvalue weighted by molar-refractivity contribution is 7.90. The van der Waals surface area contributed by atoms with Gasteiger partial charge in [-0.05, 0) is 62.6 Å². The summed E-state index contributed by atoms with van der Waals surface area (Å²) >= 11 is 0. The fourth-order valence-corrected chi connectivity index (χ4v) is 6.47. The molecule has 31 heavy (non-hydrogen) atoms. The maximum absolute atomic E-state index is 13.4. The van der Waals surface area contributed by atoms with Gasteiger partial charge in [0.25, 0.3) is 21.8 Å². The summed E-state index contributed by atoms with van der Waals surface area (Å²) in [7, 11) is -3.97. The minimum atomic E-state index is -3.97. The summed E-state index contributed by atoms with van der Waals surface area (Å²) in [6.45, 7) is 3.63. The van der Waals surface area contributed by atoms with E-state index in [9.17, 15) is 22.4 Å². The van der Waals surface area contributed by atoms with Gasteiger partial charge in [0.05, 0.1) is 5.56 Å². The van der Waals surface area contributed by atoms with E-state index in [1.54, 1.807) is 26.0 Å². The fourth-order valence-electron chi connectivity index (χ4n) is 4.67. The van der Waals surface area contributed by atoms with Crippen LogP contribution in [0.2, 0.25) is 0 Å². The summed E-state index contributed by atoms with van der Waals surface area (Å²) in [5.74, 6) is -1.27. The largest absolute Gasteiger partial charge is 0.351 e. The average molecular weight is 445 g/mol. The average Bonchev–Trinajstić information content (AvgIpc) is 3.28. The molecule has 2 aromatic rings. The Bertz CT molecular complexity index is 1140. The van der Waals surface area contributed by atoms with Gasteiger partial charge in [0, 0.05) is 23.6 Å². The summed E-state index contributed by atoms with van der Waals surface area (Å²) in [6, 6.07) is 10.0. The van der Waals surface area contributed by atoms with E-state index in [1.807, 2.05) is 0 Å². The molecule has 0 saturated heterocycles. The van der Waals surface area contributed by atoms with Crippen LogP contribution in [0.25, 0.3) is 0 Å². The molecule has 2 amide bonds. The highest BCUT2D eigenvalue weighted by atomic mass is 32.2. The molecular formula is C23H25FN2O4S. The summed E-state index contributed by atoms with van der Waals surface area (Å²) in [6.07, 6.45) is 3.82. The topological polar surface area (TPSA) is 83.6 Å². The number of fused-ring (bicyclic) bond motifs is 1. The van der Waals surface area contributed by atoms with Gasteiger partial charge in [0.1, 0.15) is 10.7 Å². The second kappa shape index (κ2) is 7.75. The number of nitrogens with zero attached hydrogens (tertiary/aromatic N) is 1. The molecule has 1 N–H and O–H groups in total. The maximum atomic E-state index is 13.4. The normalized spacial score (nSPS) is 19.0. The number of benzene rings is 2. The van der Waals surface area contributed by atoms with Gasteiger partial charge < -0.3 is 5.32 Å². The third kappa shape index (κ3) is 3.63. The van der Waals surface area contributed by atoms with Crippen molar-refractivity contribution in [1.29, 1.82) is 0 Å². The van der Waals surface area contributed by atoms with Crippen LogP contribution in [0.5, 0.6) is 0 Å². The van der Waals surface area contributed by atoms with Crippen LogP contribution in [-0.4, -0.2) is 37.1 Å². The number of carbonyl (C=O) groups excluding carboxylic acids is 2. The first-order valence-electron chi connectivity index (χ1n) is 10.4. The number of amides is 2. The van der Waals surface area contributed by atoms with Gasteiger partial charge in [-0.3, -0.25) is 9.59 Å². The molecule has 4 rings (SSSR count). The smallest absolute Gasteiger partial charge is 0.269 e. The molecule has 2 aromatic carbocycles. The molecule has 1 saturated carbocycles. The van der Waals surface area contributed by atoms with Gasteiger partial charge in [0.15, 0.2) is 0 Å². The van der Waals surface area contributed by atoms with E-state index in [4.69, 9.17) is 0 Å². The van der Waals surface area contributed by atoms with Crippen molar-refractivity contribution in [3.05, 3.63) is 65.0 Å². The molecule has 2 aliphatic rings. The van der Waals surface area contributed by atoms with Crippen LogP contribution in [0.1, 0.15) is 65.8 Å². The van der Waals surface area contributed by atoms with Crippen molar-refractivity contribution in [2.45, 2.75) is 55.9 Å². The van der Waals surface area contributed by atoms with Crippen LogP contribution in [0.15, 0.2) is 47.4 Å². The molecule has 0 aromatic heterocycles. The molecule has 1 aliphatic carbocycles. The molecule has 0 radical (unpaired) electrons. The monoisotopic (exact) mass is 444 g/mol. The van der Waals surface area contributed by atoms with Crippen molar-refractivity contribution < 1.29 is 22.4 Å². The van der Waals surface area contributed by atoms with Crippen molar-refractivity contribution in [1.82, 2.24) is 9.62 Å². The molecule has 1 fully saturated rings. The summed E-state index contributed by atoms with van der Waals surface area (Å²) < 4.78 is 39.8. The molecule has 6 nitrogen and oxygen atoms in total. The van der Waals surface area contributed by atoms with Gasteiger partial charge >= 0.3 is 0 Å². The maximum Gasteiger partial charge on any atom is 0.269 e. The van der Waals surface area contributed by atoms with E-state index >= 15 is 0 Å². The Morgan fingerprint density at radius 1 is 1.13 bits per heavy atom. The van der Waals surface area contributed by atoms with Crippen LogP contribution in [0.3, 0.4) is 0 Å². The lowest BCUT2D eigenvalue weighted by Crippen LogP contribution is -2.39. The van der Waals surface area contributed by atoms with Crippen molar-refractivity contribution >= 4 is 21.8 Å². The zero-order valence-electron chi connectivity index (χ0n) is 17.5. The van der Waals surface area contributed by atoms with Crippen molar-refractivity contribution in [2.75, 3.05) is 6.54 Å². The van der Waals surface area contributed by atoms with Gasteiger partial charge in [-0.1, -0.05) is 25.0 Å². The number of hydrogen-bond acceptors (Lipinski definition) is 4. The standard InChI is InChI=1S/C23H25FN2O4S/c1-15(2)26-22(28)19-10-5-16(13-20(19)31(26,29)30)21(27)25-14-23(11-3-4-12-23)17-6-8-18(24)9-7-17/h5-10,13,15H,3-4,11-12,14H2,1-2H3,(H,25,27). The molecule has 0 bridgehead atoms. The van der Waals surface area contributed by atoms with Crippen molar-refractivity contribution in [3.63, 3.8) is 0 Å². The van der Waals surface area contributed by atoms with Gasteiger partial charge in [0.2, 0.25) is 0 Å². The van der Waals surface area contributed by atoms with Crippen molar-refractivity contribution in [2.24, 2.45) is 0 Å². The third-order valence-electron chi connectivity index (χ3n) is 6.28. The Kier molecular flexibility index (Phi) is 5.37. The van der Waals surface area contributed by atoms with E-state index in [-0.39, 0.29) is 27.3 Å². The molecule has 0 spiro atoms. The summed E-state index contributed by atoms with van der Waals surface area (Å²) in [5, 5.41) is 2.93. The number of hydrogen-bond donors (Lipinski definition) is 1. The van der Waals surface area contributed by atoms with Crippen LogP contribution in [-0.2, 0) is 15.4 Å². The first kappa shape index (κ1) is 21.5. The second-order valence-electron chi connectivity index (χ2n) is 8.59. The van der Waals surface area contributed by atoms with Gasteiger partial charge in [-0.25, -0.2) is 17.1 Å². The molecule has 1 heterocycles. The molecule has 164 valence electrons. The molecule has 8 heteroatoms. The highest BCUT2D eigenvalue weighted by Crippen LogP contribution is 2.41. The lowest BCUT2D eigenvalue weighted by Gasteiger charge is -2.30. The van der Waals surface area contributed by atoms with E-state index in [0.717, 1.165) is 35.6 Å². The molecule has 0 atom stereocenters. The zero-order valence-corrected chi connectivity index (χ0v) is 18.3. The van der Waals surface area contributed by atoms with E-state index in [0.29, 0.717) is 6.54 Å². The lowest BCUT2D eigenvalue weighted by molar-refractivity contribution is 0.0845. The number of carbonyl (C=O) groups is 2. The number of nitrogens with one attached hydrogen (secondary N) is 1. The Hall–Kier alpha value is -2.74. The van der Waals surface area contributed by atoms with Crippen LogP contribution >= 0.6 is 0 Å². The van der Waals surface area contributed by atoms with E-state index in [1.165, 1.54) is 30.3 Å². The summed E-state index contributed by atoms with van der Waals surface area (Å²) in [5.41, 5.74) is 0.995. The summed E-state index contributed by atoms with van der Waals surface area (Å²) in [4.78, 5) is 25.2. The Labute approximate surface area is 181 Å². The van der Waals surface area contributed by atoms with E-state index < -0.39 is 27.9 Å². The Balaban J connectivity index is 1.57. The minimum absolute atomic E-state index is 0.0869. The highest BCUT2D eigenvalue weighted by Gasteiger charge is 2.43. The fraction of sp³-hybridized carbons (Fsp3) is 0.391. The number of halogens is 1.